The van der Waals surface area contributed by atoms with E-state index in [4.69, 9.17) is 9.26 Å². The van der Waals surface area contributed by atoms with Gasteiger partial charge in [-0.1, -0.05) is 31.1 Å². The van der Waals surface area contributed by atoms with Crippen LogP contribution in [0.3, 0.4) is 0 Å². The standard InChI is InChI=1S/C26H32N4O5S/c1-14(2)23(22-8-15(3)29-35-22)26(33)30-12-19(31)10-20(30)25(32)27-11-18-7-6-17(9-21(18)34-5)24-16(4)28-13-36-24/h6-9,13-14,19-20,23,31H,10-12H2,1-5H3,(H,27,32)/t19-,20+,23?/m0/s1. The highest BCUT2D eigenvalue weighted by Gasteiger charge is 2.43. The van der Waals surface area contributed by atoms with E-state index >= 15 is 0 Å². The Labute approximate surface area is 214 Å². The topological polar surface area (TPSA) is 118 Å². The summed E-state index contributed by atoms with van der Waals surface area (Å²) in [7, 11) is 1.59. The number of carbonyl (C=O) groups excluding carboxylic acids is 2. The van der Waals surface area contributed by atoms with E-state index < -0.39 is 18.1 Å². The third kappa shape index (κ3) is 5.29. The minimum Gasteiger partial charge on any atom is -0.496 e. The van der Waals surface area contributed by atoms with Gasteiger partial charge in [0.25, 0.3) is 0 Å². The van der Waals surface area contributed by atoms with Crippen LogP contribution in [0.25, 0.3) is 10.4 Å². The second-order valence-electron chi connectivity index (χ2n) is 9.50. The Hall–Kier alpha value is -3.24. The van der Waals surface area contributed by atoms with Crippen molar-refractivity contribution in [3.8, 4) is 16.2 Å². The van der Waals surface area contributed by atoms with Gasteiger partial charge in [0.2, 0.25) is 11.8 Å². The van der Waals surface area contributed by atoms with Gasteiger partial charge < -0.3 is 24.6 Å². The third-order valence-corrected chi connectivity index (χ3v) is 7.48. The molecule has 2 amide bonds. The minimum absolute atomic E-state index is 0.0729. The van der Waals surface area contributed by atoms with Crippen LogP contribution in [0, 0.1) is 19.8 Å². The lowest BCUT2D eigenvalue weighted by Gasteiger charge is -2.28. The van der Waals surface area contributed by atoms with Crippen LogP contribution in [0.1, 0.15) is 48.9 Å². The van der Waals surface area contributed by atoms with Gasteiger partial charge in [-0.25, -0.2) is 4.98 Å². The molecule has 3 heterocycles. The number of aliphatic hydroxyl groups is 1. The van der Waals surface area contributed by atoms with Crippen molar-refractivity contribution in [2.45, 2.75) is 58.7 Å². The molecule has 2 N–H and O–H groups in total. The number of hydrogen-bond acceptors (Lipinski definition) is 8. The number of thiazole rings is 1. The first-order valence-corrected chi connectivity index (χ1v) is 12.8. The first-order chi connectivity index (χ1) is 17.2. The molecule has 3 aromatic rings. The van der Waals surface area contributed by atoms with Gasteiger partial charge in [0.1, 0.15) is 23.5 Å². The zero-order valence-corrected chi connectivity index (χ0v) is 22.0. The zero-order chi connectivity index (χ0) is 26.0. The highest BCUT2D eigenvalue weighted by atomic mass is 32.1. The largest absolute Gasteiger partial charge is 0.496 e. The summed E-state index contributed by atoms with van der Waals surface area (Å²) in [6, 6.07) is 6.80. The number of nitrogens with one attached hydrogen (secondary N) is 1. The molecule has 9 nitrogen and oxygen atoms in total. The van der Waals surface area contributed by atoms with Crippen LogP contribution in [0.2, 0.25) is 0 Å². The molecule has 36 heavy (non-hydrogen) atoms. The Morgan fingerprint density at radius 1 is 1.31 bits per heavy atom. The van der Waals surface area contributed by atoms with Crippen molar-refractivity contribution >= 4 is 23.2 Å². The fourth-order valence-corrected chi connectivity index (χ4v) is 5.46. The summed E-state index contributed by atoms with van der Waals surface area (Å²) in [6.45, 7) is 7.93. The van der Waals surface area contributed by atoms with E-state index in [0.717, 1.165) is 21.7 Å². The van der Waals surface area contributed by atoms with Crippen LogP contribution in [-0.2, 0) is 16.1 Å². The number of benzene rings is 1. The van der Waals surface area contributed by atoms with Gasteiger partial charge in [-0.2, -0.15) is 0 Å². The van der Waals surface area contributed by atoms with Crippen LogP contribution in [0.4, 0.5) is 0 Å². The number of aryl methyl sites for hydroxylation is 2. The lowest BCUT2D eigenvalue weighted by molar-refractivity contribution is -0.141. The number of nitrogens with zero attached hydrogens (tertiary/aromatic N) is 3. The molecule has 1 fully saturated rings. The second-order valence-corrected chi connectivity index (χ2v) is 10.4. The van der Waals surface area contributed by atoms with Gasteiger partial charge in [-0.05, 0) is 31.4 Å². The Morgan fingerprint density at radius 2 is 2.08 bits per heavy atom. The molecule has 0 saturated carbocycles. The Kier molecular flexibility index (Phi) is 7.75. The number of aliphatic hydroxyl groups excluding tert-OH is 1. The van der Waals surface area contributed by atoms with Crippen molar-refractivity contribution in [1.29, 1.82) is 0 Å². The predicted molar refractivity (Wildman–Crippen MR) is 136 cm³/mol. The summed E-state index contributed by atoms with van der Waals surface area (Å²) in [5.41, 5.74) is 5.25. The lowest BCUT2D eigenvalue weighted by Crippen LogP contribution is -2.48. The Morgan fingerprint density at radius 3 is 2.69 bits per heavy atom. The highest BCUT2D eigenvalue weighted by Crippen LogP contribution is 2.33. The number of hydrogen-bond donors (Lipinski definition) is 2. The first kappa shape index (κ1) is 25.8. The van der Waals surface area contributed by atoms with Crippen molar-refractivity contribution in [3.63, 3.8) is 0 Å². The molecule has 0 aliphatic carbocycles. The molecule has 3 atom stereocenters. The summed E-state index contributed by atoms with van der Waals surface area (Å²) >= 11 is 1.56. The lowest BCUT2D eigenvalue weighted by atomic mass is 9.91. The molecule has 1 unspecified atom stereocenters. The maximum absolute atomic E-state index is 13.5. The number of likely N-dealkylation sites (tertiary alicyclic amines) is 1. The molecule has 10 heteroatoms. The normalized spacial score (nSPS) is 18.5. The fourth-order valence-electron chi connectivity index (χ4n) is 4.66. The third-order valence-electron chi connectivity index (χ3n) is 6.50. The van der Waals surface area contributed by atoms with Gasteiger partial charge >= 0.3 is 0 Å². The van der Waals surface area contributed by atoms with Crippen molar-refractivity contribution in [1.82, 2.24) is 20.4 Å². The number of aromatic nitrogens is 2. The van der Waals surface area contributed by atoms with Gasteiger partial charge in [0.05, 0.1) is 35.0 Å². The number of carbonyl (C=O) groups is 2. The van der Waals surface area contributed by atoms with Crippen molar-refractivity contribution < 1.29 is 24.0 Å². The van der Waals surface area contributed by atoms with Gasteiger partial charge in [0, 0.05) is 31.1 Å². The summed E-state index contributed by atoms with van der Waals surface area (Å²) < 4.78 is 11.0. The molecule has 1 aromatic carbocycles. The van der Waals surface area contributed by atoms with E-state index in [9.17, 15) is 14.7 Å². The average Bonchev–Trinajstić information content (AvgIpc) is 3.57. The van der Waals surface area contributed by atoms with Crippen molar-refractivity contribution in [3.05, 3.63) is 52.5 Å². The monoisotopic (exact) mass is 512 g/mol. The summed E-state index contributed by atoms with van der Waals surface area (Å²) in [6.07, 6.45) is -0.594. The molecule has 1 aliphatic rings. The zero-order valence-electron chi connectivity index (χ0n) is 21.1. The highest BCUT2D eigenvalue weighted by molar-refractivity contribution is 7.13. The predicted octanol–water partition coefficient (Wildman–Crippen LogP) is 3.44. The molecule has 4 rings (SSSR count). The fraction of sp³-hybridized carbons (Fsp3) is 0.462. The summed E-state index contributed by atoms with van der Waals surface area (Å²) in [5.74, 6) is -0.110. The maximum atomic E-state index is 13.5. The van der Waals surface area contributed by atoms with Gasteiger partial charge in [-0.3, -0.25) is 9.59 Å². The molecule has 0 bridgehead atoms. The Balaban J connectivity index is 1.48. The first-order valence-electron chi connectivity index (χ1n) is 12.0. The summed E-state index contributed by atoms with van der Waals surface area (Å²) in [4.78, 5) is 33.6. The molecule has 1 aliphatic heterocycles. The van der Waals surface area contributed by atoms with E-state index in [1.807, 2.05) is 44.5 Å². The van der Waals surface area contributed by atoms with Crippen LogP contribution < -0.4 is 10.1 Å². The molecular formula is C26H32N4O5S. The SMILES string of the molecule is COc1cc(-c2scnc2C)ccc1CNC(=O)[C@H]1C[C@H](O)CN1C(=O)C(c1cc(C)no1)C(C)C. The summed E-state index contributed by atoms with van der Waals surface area (Å²) in [5, 5.41) is 17.2. The smallest absolute Gasteiger partial charge is 0.243 e. The van der Waals surface area contributed by atoms with Crippen LogP contribution in [-0.4, -0.2) is 57.8 Å². The van der Waals surface area contributed by atoms with Gasteiger partial charge in [-0.15, -0.1) is 11.3 Å². The molecular weight excluding hydrogens is 480 g/mol. The van der Waals surface area contributed by atoms with E-state index in [0.29, 0.717) is 17.2 Å². The molecule has 0 radical (unpaired) electrons. The van der Waals surface area contributed by atoms with Gasteiger partial charge in [0.15, 0.2) is 0 Å². The number of amides is 2. The molecule has 0 spiro atoms. The average molecular weight is 513 g/mol. The van der Waals surface area contributed by atoms with Crippen LogP contribution in [0.15, 0.2) is 34.3 Å². The van der Waals surface area contributed by atoms with E-state index in [2.05, 4.69) is 15.5 Å². The second kappa shape index (κ2) is 10.8. The van der Waals surface area contributed by atoms with Crippen molar-refractivity contribution in [2.75, 3.05) is 13.7 Å². The van der Waals surface area contributed by atoms with E-state index in [1.165, 1.54) is 4.90 Å². The van der Waals surface area contributed by atoms with Crippen molar-refractivity contribution in [2.24, 2.45) is 5.92 Å². The molecule has 2 aromatic heterocycles. The van der Waals surface area contributed by atoms with Crippen LogP contribution in [0.5, 0.6) is 5.75 Å². The van der Waals surface area contributed by atoms with E-state index in [1.54, 1.807) is 31.4 Å². The van der Waals surface area contributed by atoms with E-state index in [-0.39, 0.29) is 37.2 Å². The number of ether oxygens (including phenoxy) is 1. The van der Waals surface area contributed by atoms with Crippen LogP contribution >= 0.6 is 11.3 Å². The minimum atomic E-state index is -0.775. The molecule has 1 saturated heterocycles. The maximum Gasteiger partial charge on any atom is 0.243 e. The Bertz CT molecular complexity index is 1240. The molecule has 192 valence electrons. The number of rotatable bonds is 8. The quantitative estimate of drug-likeness (QED) is 0.475. The number of methoxy groups -OCH3 is 1. The number of β-amino-alcohol motifs (C(OH)–C–C–N with tert-alkyl or cyclic N) is 1.